The van der Waals surface area contributed by atoms with Gasteiger partial charge in [-0.25, -0.2) is 0 Å². The summed E-state index contributed by atoms with van der Waals surface area (Å²) < 4.78 is 0. The molecule has 2 aliphatic rings. The second-order valence-corrected chi connectivity index (χ2v) is 7.42. The summed E-state index contributed by atoms with van der Waals surface area (Å²) in [7, 11) is 0. The van der Waals surface area contributed by atoms with Crippen LogP contribution in [0.1, 0.15) is 53.0 Å². The van der Waals surface area contributed by atoms with Crippen LogP contribution in [0, 0.1) is 19.8 Å². The van der Waals surface area contributed by atoms with E-state index < -0.39 is 0 Å². The summed E-state index contributed by atoms with van der Waals surface area (Å²) in [5.41, 5.74) is 7.62. The second kappa shape index (κ2) is 5.79. The van der Waals surface area contributed by atoms with Crippen LogP contribution >= 0.6 is 0 Å². The zero-order valence-electron chi connectivity index (χ0n) is 14.5. The average molecular weight is 305 g/mol. The molecule has 0 amide bonds. The number of hydrogen-bond donors (Lipinski definition) is 0. The number of fused-ring (bicyclic) bond motifs is 3. The molecule has 1 heteroatoms. The predicted octanol–water partition coefficient (Wildman–Crippen LogP) is 4.87. The van der Waals surface area contributed by atoms with E-state index in [0.717, 1.165) is 5.92 Å². The highest BCUT2D eigenvalue weighted by atomic mass is 15.1. The first kappa shape index (κ1) is 15.0. The maximum atomic E-state index is 2.63. The van der Waals surface area contributed by atoms with E-state index in [1.807, 2.05) is 0 Å². The minimum atomic E-state index is 0.593. The maximum Gasteiger partial charge on any atom is 0.0130 e. The fourth-order valence-electron chi connectivity index (χ4n) is 4.92. The summed E-state index contributed by atoms with van der Waals surface area (Å²) in [6.45, 7) is 10.5. The van der Waals surface area contributed by atoms with Crippen molar-refractivity contribution in [3.63, 3.8) is 0 Å². The topological polar surface area (TPSA) is 3.24 Å². The molecule has 2 aromatic rings. The number of likely N-dealkylation sites (tertiary alicyclic amines) is 1. The Labute approximate surface area is 140 Å². The van der Waals surface area contributed by atoms with Crippen LogP contribution in [-0.4, -0.2) is 24.5 Å². The van der Waals surface area contributed by atoms with Gasteiger partial charge in [0.1, 0.15) is 0 Å². The Morgan fingerprint density at radius 2 is 1.83 bits per heavy atom. The smallest absolute Gasteiger partial charge is 0.0130 e. The van der Waals surface area contributed by atoms with E-state index in [4.69, 9.17) is 0 Å². The van der Waals surface area contributed by atoms with Gasteiger partial charge >= 0.3 is 0 Å². The Kier molecular flexibility index (Phi) is 3.77. The van der Waals surface area contributed by atoms with Gasteiger partial charge in [-0.2, -0.15) is 0 Å². The highest BCUT2D eigenvalue weighted by Gasteiger charge is 2.44. The average Bonchev–Trinajstić information content (AvgIpc) is 2.88. The minimum absolute atomic E-state index is 0.593. The number of nitrogens with zero attached hydrogens (tertiary/aromatic N) is 1. The first-order valence-corrected chi connectivity index (χ1v) is 9.07. The first-order valence-electron chi connectivity index (χ1n) is 9.07. The number of piperidine rings is 1. The molecular weight excluding hydrogens is 278 g/mol. The number of likely N-dealkylation sites (N-methyl/N-ethyl adjacent to an activating group) is 1. The van der Waals surface area contributed by atoms with Crippen molar-refractivity contribution in [2.45, 2.75) is 39.0 Å². The lowest BCUT2D eigenvalue weighted by Gasteiger charge is -2.37. The lowest BCUT2D eigenvalue weighted by Crippen LogP contribution is -2.38. The molecule has 0 bridgehead atoms. The predicted molar refractivity (Wildman–Crippen MR) is 97.2 cm³/mol. The Hall–Kier alpha value is -1.60. The molecular formula is C22H27N. The molecule has 23 heavy (non-hydrogen) atoms. The van der Waals surface area contributed by atoms with Crippen LogP contribution in [0.2, 0.25) is 0 Å². The Balaban J connectivity index is 1.84. The van der Waals surface area contributed by atoms with Crippen LogP contribution < -0.4 is 0 Å². The molecule has 120 valence electrons. The molecule has 0 aromatic heterocycles. The normalized spacial score (nSPS) is 26.8. The van der Waals surface area contributed by atoms with Gasteiger partial charge < -0.3 is 4.90 Å². The van der Waals surface area contributed by atoms with Crippen LogP contribution in [0.5, 0.6) is 0 Å². The molecule has 0 radical (unpaired) electrons. The van der Waals surface area contributed by atoms with E-state index in [1.54, 1.807) is 16.7 Å². The molecule has 1 fully saturated rings. The van der Waals surface area contributed by atoms with Crippen LogP contribution in [0.15, 0.2) is 42.5 Å². The summed E-state index contributed by atoms with van der Waals surface area (Å²) in [5.74, 6) is 2.08. The van der Waals surface area contributed by atoms with E-state index >= 15 is 0 Å². The van der Waals surface area contributed by atoms with Crippen molar-refractivity contribution in [1.29, 1.82) is 0 Å². The van der Waals surface area contributed by atoms with Crippen LogP contribution in [0.4, 0.5) is 0 Å². The van der Waals surface area contributed by atoms with E-state index in [9.17, 15) is 0 Å². The standard InChI is InChI=1S/C22H27N/c1-4-23-12-11-19-21(14-23)18-10-9-15(2)13-20(18)22(19)17-8-6-5-7-16(17)3/h5-10,13,19,21-22H,4,11-12,14H2,1-3H3/t19-,21-,22+/m1/s1. The molecule has 0 unspecified atom stereocenters. The molecule has 1 nitrogen and oxygen atoms in total. The van der Waals surface area contributed by atoms with Gasteiger partial charge in [0.05, 0.1) is 0 Å². The number of rotatable bonds is 2. The monoisotopic (exact) mass is 305 g/mol. The summed E-state index contributed by atoms with van der Waals surface area (Å²) in [4.78, 5) is 2.63. The molecule has 3 atom stereocenters. The number of benzene rings is 2. The van der Waals surface area contributed by atoms with Gasteiger partial charge in [0, 0.05) is 18.4 Å². The number of aryl methyl sites for hydroxylation is 2. The van der Waals surface area contributed by atoms with Gasteiger partial charge in [0.25, 0.3) is 0 Å². The lowest BCUT2D eigenvalue weighted by atomic mass is 9.77. The molecule has 1 aliphatic carbocycles. The van der Waals surface area contributed by atoms with Crippen molar-refractivity contribution in [2.24, 2.45) is 5.92 Å². The van der Waals surface area contributed by atoms with Crippen molar-refractivity contribution >= 4 is 0 Å². The van der Waals surface area contributed by atoms with Crippen LogP contribution in [0.25, 0.3) is 0 Å². The first-order chi connectivity index (χ1) is 11.2. The third kappa shape index (κ3) is 2.42. The zero-order valence-corrected chi connectivity index (χ0v) is 14.5. The Morgan fingerprint density at radius 1 is 1.00 bits per heavy atom. The summed E-state index contributed by atoms with van der Waals surface area (Å²) in [5, 5.41) is 0. The van der Waals surface area contributed by atoms with Gasteiger partial charge in [0.2, 0.25) is 0 Å². The van der Waals surface area contributed by atoms with Gasteiger partial charge in [-0.3, -0.25) is 0 Å². The minimum Gasteiger partial charge on any atom is -0.303 e. The van der Waals surface area contributed by atoms with Crippen molar-refractivity contribution in [2.75, 3.05) is 19.6 Å². The molecule has 2 aromatic carbocycles. The fraction of sp³-hybridized carbons (Fsp3) is 0.455. The fourth-order valence-corrected chi connectivity index (χ4v) is 4.92. The van der Waals surface area contributed by atoms with E-state index in [1.165, 1.54) is 37.2 Å². The van der Waals surface area contributed by atoms with Gasteiger partial charge in [-0.15, -0.1) is 0 Å². The van der Waals surface area contributed by atoms with Gasteiger partial charge in [-0.05, 0) is 61.5 Å². The van der Waals surface area contributed by atoms with E-state index in [0.29, 0.717) is 11.8 Å². The number of hydrogen-bond acceptors (Lipinski definition) is 1. The van der Waals surface area contributed by atoms with Crippen LogP contribution in [0.3, 0.4) is 0 Å². The lowest BCUT2D eigenvalue weighted by molar-refractivity contribution is 0.167. The summed E-state index contributed by atoms with van der Waals surface area (Å²) in [6, 6.07) is 16.2. The van der Waals surface area contributed by atoms with Crippen LogP contribution in [-0.2, 0) is 0 Å². The second-order valence-electron chi connectivity index (χ2n) is 7.42. The summed E-state index contributed by atoms with van der Waals surface area (Å²) >= 11 is 0. The highest BCUT2D eigenvalue weighted by Crippen LogP contribution is 2.53. The molecule has 0 saturated carbocycles. The Morgan fingerprint density at radius 3 is 2.61 bits per heavy atom. The van der Waals surface area contributed by atoms with Crippen molar-refractivity contribution in [3.05, 3.63) is 70.3 Å². The summed E-state index contributed by atoms with van der Waals surface area (Å²) in [6.07, 6.45) is 1.32. The molecule has 0 spiro atoms. The van der Waals surface area contributed by atoms with Crippen molar-refractivity contribution in [3.8, 4) is 0 Å². The Bertz CT molecular complexity index is 718. The van der Waals surface area contributed by atoms with Crippen molar-refractivity contribution in [1.82, 2.24) is 4.90 Å². The zero-order chi connectivity index (χ0) is 16.0. The quantitative estimate of drug-likeness (QED) is 0.765. The molecule has 1 aliphatic heterocycles. The molecule has 0 N–H and O–H groups in total. The van der Waals surface area contributed by atoms with Gasteiger partial charge in [0.15, 0.2) is 0 Å². The molecule has 1 saturated heterocycles. The molecule has 1 heterocycles. The molecule has 4 rings (SSSR count). The highest BCUT2D eigenvalue weighted by molar-refractivity contribution is 5.50. The third-order valence-corrected chi connectivity index (χ3v) is 6.13. The third-order valence-electron chi connectivity index (χ3n) is 6.13. The van der Waals surface area contributed by atoms with E-state index in [-0.39, 0.29) is 0 Å². The SMILES string of the molecule is CCN1CC[C@H]2[C@H](c3ccccc3C)c3cc(C)ccc3[C@H]2C1. The van der Waals surface area contributed by atoms with Gasteiger partial charge in [-0.1, -0.05) is 55.0 Å². The largest absolute Gasteiger partial charge is 0.303 e. The maximum absolute atomic E-state index is 2.63. The van der Waals surface area contributed by atoms with Crippen molar-refractivity contribution < 1.29 is 0 Å². The van der Waals surface area contributed by atoms with E-state index in [2.05, 4.69) is 68.1 Å².